The Hall–Kier alpha value is -4.45. The van der Waals surface area contributed by atoms with Crippen LogP contribution in [0.3, 0.4) is 0 Å². The third kappa shape index (κ3) is 3.74. The van der Waals surface area contributed by atoms with Crippen LogP contribution in [0.1, 0.15) is 15.9 Å². The van der Waals surface area contributed by atoms with Gasteiger partial charge < -0.3 is 4.98 Å². The van der Waals surface area contributed by atoms with E-state index in [-0.39, 0.29) is 5.91 Å². The van der Waals surface area contributed by atoms with Crippen molar-refractivity contribution in [3.05, 3.63) is 108 Å². The molecule has 2 aromatic heterocycles. The molecule has 3 aromatic carbocycles. The number of hydrogen-bond acceptors (Lipinski definition) is 3. The van der Waals surface area contributed by atoms with E-state index in [1.807, 2.05) is 91.1 Å². The van der Waals surface area contributed by atoms with E-state index in [0.717, 1.165) is 27.7 Å². The number of nitrogens with zero attached hydrogens (tertiary/aromatic N) is 3. The third-order valence-electron chi connectivity index (χ3n) is 5.02. The minimum Gasteiger partial charge on any atom is -0.361 e. The second-order valence-corrected chi connectivity index (χ2v) is 7.03. The average molecular weight is 405 g/mol. The van der Waals surface area contributed by atoms with Crippen molar-refractivity contribution in [2.75, 3.05) is 0 Å². The Morgan fingerprint density at radius 1 is 0.935 bits per heavy atom. The van der Waals surface area contributed by atoms with Crippen LogP contribution in [0, 0.1) is 0 Å². The molecule has 0 saturated heterocycles. The largest absolute Gasteiger partial charge is 0.361 e. The molecule has 0 aliphatic carbocycles. The zero-order chi connectivity index (χ0) is 21.0. The number of aromatic amines is 1. The quantitative estimate of drug-likeness (QED) is 0.326. The molecule has 31 heavy (non-hydrogen) atoms. The first-order chi connectivity index (χ1) is 15.3. The number of H-pyrrole nitrogens is 1. The van der Waals surface area contributed by atoms with Gasteiger partial charge in [0.2, 0.25) is 0 Å². The molecule has 0 atom stereocenters. The van der Waals surface area contributed by atoms with Gasteiger partial charge in [0.25, 0.3) is 5.91 Å². The van der Waals surface area contributed by atoms with Crippen LogP contribution in [-0.4, -0.2) is 26.9 Å². The van der Waals surface area contributed by atoms with E-state index in [1.165, 1.54) is 0 Å². The lowest BCUT2D eigenvalue weighted by molar-refractivity contribution is 0.0955. The van der Waals surface area contributed by atoms with Crippen LogP contribution in [0.5, 0.6) is 0 Å². The van der Waals surface area contributed by atoms with Crippen LogP contribution in [0.15, 0.2) is 102 Å². The van der Waals surface area contributed by atoms with Crippen LogP contribution in [-0.2, 0) is 0 Å². The van der Waals surface area contributed by atoms with Crippen LogP contribution < -0.4 is 5.43 Å². The lowest BCUT2D eigenvalue weighted by atomic mass is 10.1. The summed E-state index contributed by atoms with van der Waals surface area (Å²) in [4.78, 5) is 16.2. The van der Waals surface area contributed by atoms with Gasteiger partial charge in [-0.1, -0.05) is 66.7 Å². The summed E-state index contributed by atoms with van der Waals surface area (Å²) in [6.45, 7) is 0. The summed E-state index contributed by atoms with van der Waals surface area (Å²) >= 11 is 0. The van der Waals surface area contributed by atoms with Gasteiger partial charge in [-0.05, 0) is 18.2 Å². The van der Waals surface area contributed by atoms with Gasteiger partial charge in [0, 0.05) is 34.4 Å². The predicted molar refractivity (Wildman–Crippen MR) is 122 cm³/mol. The van der Waals surface area contributed by atoms with E-state index in [1.54, 1.807) is 17.1 Å². The Labute approximate surface area is 178 Å². The molecule has 0 spiro atoms. The molecule has 5 rings (SSSR count). The summed E-state index contributed by atoms with van der Waals surface area (Å²) in [5.41, 5.74) is 7.35. The molecule has 0 fully saturated rings. The first-order valence-corrected chi connectivity index (χ1v) is 9.89. The van der Waals surface area contributed by atoms with Crippen molar-refractivity contribution in [1.82, 2.24) is 20.2 Å². The topological polar surface area (TPSA) is 75.1 Å². The first-order valence-electron chi connectivity index (χ1n) is 9.89. The van der Waals surface area contributed by atoms with E-state index < -0.39 is 0 Å². The van der Waals surface area contributed by atoms with Gasteiger partial charge in [-0.3, -0.25) is 4.79 Å². The van der Waals surface area contributed by atoms with E-state index >= 15 is 0 Å². The summed E-state index contributed by atoms with van der Waals surface area (Å²) in [7, 11) is 0. The van der Waals surface area contributed by atoms with Gasteiger partial charge in [0.1, 0.15) is 5.69 Å². The van der Waals surface area contributed by atoms with Crippen molar-refractivity contribution in [2.45, 2.75) is 0 Å². The number of carbonyl (C=O) groups is 1. The number of hydrazone groups is 1. The molecule has 1 amide bonds. The summed E-state index contributed by atoms with van der Waals surface area (Å²) in [6.07, 6.45) is 5.23. The number of para-hydroxylation sites is 2. The van der Waals surface area contributed by atoms with Crippen LogP contribution in [0.2, 0.25) is 0 Å². The number of fused-ring (bicyclic) bond motifs is 1. The number of carbonyl (C=O) groups excluding carboxylic acids is 1. The summed E-state index contributed by atoms with van der Waals surface area (Å²) in [6, 6.07) is 27.3. The van der Waals surface area contributed by atoms with Crippen molar-refractivity contribution >= 4 is 23.0 Å². The molecule has 0 aliphatic rings. The average Bonchev–Trinajstić information content (AvgIpc) is 3.45. The van der Waals surface area contributed by atoms with E-state index in [0.29, 0.717) is 11.3 Å². The SMILES string of the molecule is O=C(N/N=C/c1c[nH]c2ccccc12)c1cn(-c2ccccc2)nc1-c1ccccc1. The van der Waals surface area contributed by atoms with E-state index in [9.17, 15) is 4.79 Å². The number of benzene rings is 3. The molecule has 2 N–H and O–H groups in total. The van der Waals surface area contributed by atoms with E-state index in [2.05, 4.69) is 20.6 Å². The highest BCUT2D eigenvalue weighted by Gasteiger charge is 2.18. The number of hydrogen-bond donors (Lipinski definition) is 2. The monoisotopic (exact) mass is 405 g/mol. The number of amides is 1. The highest BCUT2D eigenvalue weighted by atomic mass is 16.2. The third-order valence-corrected chi connectivity index (χ3v) is 5.02. The molecular formula is C25H19N5O. The second kappa shape index (κ2) is 8.12. The molecular weight excluding hydrogens is 386 g/mol. The van der Waals surface area contributed by atoms with Gasteiger partial charge >= 0.3 is 0 Å². The van der Waals surface area contributed by atoms with Crippen molar-refractivity contribution in [3.63, 3.8) is 0 Å². The molecule has 0 bridgehead atoms. The first kappa shape index (κ1) is 18.6. The normalized spacial score (nSPS) is 11.2. The molecule has 6 nitrogen and oxygen atoms in total. The molecule has 0 radical (unpaired) electrons. The molecule has 0 saturated carbocycles. The minimum atomic E-state index is -0.322. The van der Waals surface area contributed by atoms with Gasteiger partial charge in [0.15, 0.2) is 0 Å². The fourth-order valence-corrected chi connectivity index (χ4v) is 3.48. The van der Waals surface area contributed by atoms with Gasteiger partial charge in [0.05, 0.1) is 17.5 Å². The lowest BCUT2D eigenvalue weighted by Gasteiger charge is -2.01. The molecule has 5 aromatic rings. The maximum absolute atomic E-state index is 13.0. The summed E-state index contributed by atoms with van der Waals surface area (Å²) < 4.78 is 1.71. The predicted octanol–water partition coefficient (Wildman–Crippen LogP) is 4.78. The fraction of sp³-hybridized carbons (Fsp3) is 0. The Morgan fingerprint density at radius 2 is 1.65 bits per heavy atom. The minimum absolute atomic E-state index is 0.322. The van der Waals surface area contributed by atoms with Crippen LogP contribution in [0.25, 0.3) is 27.8 Å². The summed E-state index contributed by atoms with van der Waals surface area (Å²) in [5, 5.41) is 9.89. The Morgan fingerprint density at radius 3 is 2.45 bits per heavy atom. The lowest BCUT2D eigenvalue weighted by Crippen LogP contribution is -2.17. The van der Waals surface area contributed by atoms with Crippen molar-refractivity contribution in [1.29, 1.82) is 0 Å². The smallest absolute Gasteiger partial charge is 0.275 e. The van der Waals surface area contributed by atoms with Crippen LogP contribution in [0.4, 0.5) is 0 Å². The van der Waals surface area contributed by atoms with Crippen molar-refractivity contribution < 1.29 is 4.79 Å². The number of aromatic nitrogens is 3. The van der Waals surface area contributed by atoms with Crippen molar-refractivity contribution in [2.24, 2.45) is 5.10 Å². The fourth-order valence-electron chi connectivity index (χ4n) is 3.48. The molecule has 0 aliphatic heterocycles. The number of nitrogens with one attached hydrogen (secondary N) is 2. The maximum atomic E-state index is 13.0. The van der Waals surface area contributed by atoms with Gasteiger partial charge in [-0.25, -0.2) is 10.1 Å². The zero-order valence-electron chi connectivity index (χ0n) is 16.6. The van der Waals surface area contributed by atoms with E-state index in [4.69, 9.17) is 0 Å². The zero-order valence-corrected chi connectivity index (χ0v) is 16.6. The standard InChI is InChI=1S/C25H19N5O/c31-25(28-27-16-19-15-26-23-14-8-7-13-21(19)23)22-17-30(20-11-5-2-6-12-20)29-24(22)18-9-3-1-4-10-18/h1-17,26H,(H,28,31)/b27-16+. The Kier molecular flexibility index (Phi) is 4.86. The molecule has 2 heterocycles. The van der Waals surface area contributed by atoms with Gasteiger partial charge in [-0.15, -0.1) is 0 Å². The number of rotatable bonds is 5. The molecule has 6 heteroatoms. The Balaban J connectivity index is 1.45. The summed E-state index contributed by atoms with van der Waals surface area (Å²) in [5.74, 6) is -0.322. The van der Waals surface area contributed by atoms with Crippen molar-refractivity contribution in [3.8, 4) is 16.9 Å². The van der Waals surface area contributed by atoms with Gasteiger partial charge in [-0.2, -0.15) is 10.2 Å². The second-order valence-electron chi connectivity index (χ2n) is 7.03. The highest BCUT2D eigenvalue weighted by Crippen LogP contribution is 2.23. The Bertz CT molecular complexity index is 1370. The van der Waals surface area contributed by atoms with Crippen LogP contribution >= 0.6 is 0 Å². The maximum Gasteiger partial charge on any atom is 0.275 e. The molecule has 0 unspecified atom stereocenters. The highest BCUT2D eigenvalue weighted by molar-refractivity contribution is 6.02. The molecule has 150 valence electrons.